The van der Waals surface area contributed by atoms with E-state index >= 15 is 0 Å². The highest BCUT2D eigenvalue weighted by Crippen LogP contribution is 2.33. The summed E-state index contributed by atoms with van der Waals surface area (Å²) in [6.45, 7) is 6.50. The van der Waals surface area contributed by atoms with Gasteiger partial charge in [-0.2, -0.15) is 0 Å². The first-order chi connectivity index (χ1) is 13.1. The molecule has 1 aliphatic rings. The van der Waals surface area contributed by atoms with Crippen LogP contribution in [-0.2, 0) is 4.79 Å². The first-order valence-electron chi connectivity index (χ1n) is 9.53. The van der Waals surface area contributed by atoms with Gasteiger partial charge in [-0.1, -0.05) is 18.2 Å². The number of aryl methyl sites for hydroxylation is 2. The topological polar surface area (TPSA) is 45.2 Å². The Kier molecular flexibility index (Phi) is 5.23. The zero-order chi connectivity index (χ0) is 18.8. The monoisotopic (exact) mass is 379 g/mol. The number of carbonyl (C=O) groups excluding carboxylic acids is 1. The molecular weight excluding hydrogens is 354 g/mol. The average Bonchev–Trinajstić information content (AvgIpc) is 3.09. The molecule has 3 aromatic rings. The van der Waals surface area contributed by atoms with Crippen LogP contribution < -0.4 is 5.32 Å². The summed E-state index contributed by atoms with van der Waals surface area (Å²) in [5, 5.41) is 4.27. The number of carbonyl (C=O) groups is 1. The van der Waals surface area contributed by atoms with E-state index in [1.54, 1.807) is 0 Å². The molecular formula is C22H25N3OS. The molecule has 1 aliphatic heterocycles. The minimum absolute atomic E-state index is 0.0664. The van der Waals surface area contributed by atoms with E-state index in [-0.39, 0.29) is 5.91 Å². The van der Waals surface area contributed by atoms with Crippen LogP contribution in [0.4, 0.5) is 5.69 Å². The van der Waals surface area contributed by atoms with Crippen molar-refractivity contribution in [2.45, 2.75) is 32.6 Å². The lowest BCUT2D eigenvalue weighted by atomic mass is 9.97. The maximum atomic E-state index is 12.4. The summed E-state index contributed by atoms with van der Waals surface area (Å²) in [4.78, 5) is 19.4. The van der Waals surface area contributed by atoms with Crippen molar-refractivity contribution in [2.24, 2.45) is 0 Å². The predicted octanol–water partition coefficient (Wildman–Crippen LogP) is 4.73. The van der Waals surface area contributed by atoms with Gasteiger partial charge in [0.25, 0.3) is 0 Å². The molecule has 5 heteroatoms. The number of thiazole rings is 1. The molecule has 0 unspecified atom stereocenters. The number of hydrogen-bond acceptors (Lipinski definition) is 4. The van der Waals surface area contributed by atoms with Gasteiger partial charge < -0.3 is 5.32 Å². The molecule has 2 heterocycles. The van der Waals surface area contributed by atoms with Crippen molar-refractivity contribution in [2.75, 3.05) is 25.0 Å². The highest BCUT2D eigenvalue weighted by molar-refractivity contribution is 7.18. The Balaban J connectivity index is 1.31. The second-order valence-corrected chi connectivity index (χ2v) is 8.48. The summed E-state index contributed by atoms with van der Waals surface area (Å²) >= 11 is 1.81. The molecule has 0 aliphatic carbocycles. The highest BCUT2D eigenvalue weighted by atomic mass is 32.1. The van der Waals surface area contributed by atoms with Gasteiger partial charge in [0.1, 0.15) is 0 Å². The van der Waals surface area contributed by atoms with E-state index in [9.17, 15) is 4.79 Å². The van der Waals surface area contributed by atoms with Gasteiger partial charge in [0, 0.05) is 11.6 Å². The summed E-state index contributed by atoms with van der Waals surface area (Å²) < 4.78 is 1.27. The van der Waals surface area contributed by atoms with Crippen LogP contribution in [0.1, 0.15) is 34.9 Å². The number of nitrogens with one attached hydrogen (secondary N) is 1. The predicted molar refractivity (Wildman–Crippen MR) is 113 cm³/mol. The van der Waals surface area contributed by atoms with Crippen LogP contribution in [-0.4, -0.2) is 35.4 Å². The number of fused-ring (bicyclic) bond motifs is 1. The number of hydrogen-bond donors (Lipinski definition) is 1. The third-order valence-electron chi connectivity index (χ3n) is 5.41. The van der Waals surface area contributed by atoms with Crippen molar-refractivity contribution in [3.05, 3.63) is 58.6 Å². The largest absolute Gasteiger partial charge is 0.325 e. The maximum absolute atomic E-state index is 12.4. The number of nitrogens with zero attached hydrogens (tertiary/aromatic N) is 2. The van der Waals surface area contributed by atoms with Crippen LogP contribution in [0.3, 0.4) is 0 Å². The third kappa shape index (κ3) is 4.20. The van der Waals surface area contributed by atoms with E-state index in [1.807, 2.05) is 29.5 Å². The summed E-state index contributed by atoms with van der Waals surface area (Å²) in [5.74, 6) is 0.582. The molecule has 0 saturated carbocycles. The van der Waals surface area contributed by atoms with Gasteiger partial charge in [-0.25, -0.2) is 4.98 Å². The van der Waals surface area contributed by atoms with Crippen molar-refractivity contribution in [3.63, 3.8) is 0 Å². The van der Waals surface area contributed by atoms with Crippen LogP contribution >= 0.6 is 11.3 Å². The van der Waals surface area contributed by atoms with Gasteiger partial charge in [-0.05, 0) is 75.2 Å². The Morgan fingerprint density at radius 2 is 1.93 bits per heavy atom. The molecule has 0 atom stereocenters. The molecule has 4 rings (SSSR count). The molecule has 1 saturated heterocycles. The quantitative estimate of drug-likeness (QED) is 0.713. The fourth-order valence-corrected chi connectivity index (χ4v) is 4.76. The lowest BCUT2D eigenvalue weighted by Gasteiger charge is -2.30. The van der Waals surface area contributed by atoms with Gasteiger partial charge in [0.05, 0.1) is 21.8 Å². The minimum atomic E-state index is 0.0664. The second-order valence-electron chi connectivity index (χ2n) is 7.42. The number of anilines is 1. The Bertz CT molecular complexity index is 924. The second kappa shape index (κ2) is 7.79. The lowest BCUT2D eigenvalue weighted by Crippen LogP contribution is -2.38. The molecule has 1 aromatic heterocycles. The number of benzene rings is 2. The molecule has 140 valence electrons. The van der Waals surface area contributed by atoms with Gasteiger partial charge >= 0.3 is 0 Å². The molecule has 1 fully saturated rings. The van der Waals surface area contributed by atoms with Gasteiger partial charge in [0.15, 0.2) is 0 Å². The maximum Gasteiger partial charge on any atom is 0.238 e. The smallest absolute Gasteiger partial charge is 0.238 e. The van der Waals surface area contributed by atoms with Gasteiger partial charge in [-0.15, -0.1) is 11.3 Å². The fraction of sp³-hybridized carbons (Fsp3) is 0.364. The third-order valence-corrected chi connectivity index (χ3v) is 6.60. The Hall–Kier alpha value is -2.24. The summed E-state index contributed by atoms with van der Waals surface area (Å²) in [5.41, 5.74) is 4.43. The van der Waals surface area contributed by atoms with Crippen molar-refractivity contribution < 1.29 is 4.79 Å². The van der Waals surface area contributed by atoms with Crippen molar-refractivity contribution in [1.82, 2.24) is 9.88 Å². The first-order valence-corrected chi connectivity index (χ1v) is 10.3. The van der Waals surface area contributed by atoms with E-state index in [2.05, 4.69) is 48.3 Å². The van der Waals surface area contributed by atoms with E-state index < -0.39 is 0 Å². The van der Waals surface area contributed by atoms with Crippen molar-refractivity contribution in [1.29, 1.82) is 0 Å². The van der Waals surface area contributed by atoms with Gasteiger partial charge in [-0.3, -0.25) is 9.69 Å². The lowest BCUT2D eigenvalue weighted by molar-refractivity contribution is -0.117. The van der Waals surface area contributed by atoms with E-state index in [1.165, 1.54) is 20.8 Å². The molecule has 1 amide bonds. The number of piperidine rings is 1. The fourth-order valence-electron chi connectivity index (χ4n) is 3.63. The highest BCUT2D eigenvalue weighted by Gasteiger charge is 2.24. The first kappa shape index (κ1) is 18.1. The van der Waals surface area contributed by atoms with E-state index in [0.717, 1.165) is 37.1 Å². The Morgan fingerprint density at radius 3 is 2.67 bits per heavy atom. The average molecular weight is 380 g/mol. The molecule has 1 N–H and O–H groups in total. The molecule has 0 bridgehead atoms. The van der Waals surface area contributed by atoms with Crippen LogP contribution in [0.25, 0.3) is 10.2 Å². The van der Waals surface area contributed by atoms with Crippen molar-refractivity contribution in [3.8, 4) is 0 Å². The van der Waals surface area contributed by atoms with Crippen LogP contribution in [0, 0.1) is 13.8 Å². The number of para-hydroxylation sites is 1. The van der Waals surface area contributed by atoms with Crippen LogP contribution in [0.5, 0.6) is 0 Å². The summed E-state index contributed by atoms with van der Waals surface area (Å²) in [6.07, 6.45) is 2.13. The van der Waals surface area contributed by atoms with Gasteiger partial charge in [0.2, 0.25) is 5.91 Å². The molecule has 2 aromatic carbocycles. The standard InChI is InChI=1S/C22H25N3OS/c1-15-7-8-18(13-16(15)2)23-21(26)14-25-11-9-17(10-12-25)22-24-19-5-3-4-6-20(19)27-22/h3-8,13,17H,9-12,14H2,1-2H3,(H,23,26). The number of amides is 1. The number of likely N-dealkylation sites (tertiary alicyclic amines) is 1. The Morgan fingerprint density at radius 1 is 1.15 bits per heavy atom. The van der Waals surface area contributed by atoms with Crippen LogP contribution in [0.15, 0.2) is 42.5 Å². The molecule has 4 nitrogen and oxygen atoms in total. The summed E-state index contributed by atoms with van der Waals surface area (Å²) in [6, 6.07) is 14.4. The number of rotatable bonds is 4. The molecule has 0 spiro atoms. The van der Waals surface area contributed by atoms with Crippen molar-refractivity contribution >= 4 is 33.1 Å². The van der Waals surface area contributed by atoms with E-state index in [0.29, 0.717) is 12.5 Å². The Labute approximate surface area is 164 Å². The molecule has 27 heavy (non-hydrogen) atoms. The van der Waals surface area contributed by atoms with Crippen LogP contribution in [0.2, 0.25) is 0 Å². The molecule has 0 radical (unpaired) electrons. The number of aromatic nitrogens is 1. The minimum Gasteiger partial charge on any atom is -0.325 e. The van der Waals surface area contributed by atoms with E-state index in [4.69, 9.17) is 4.98 Å². The zero-order valence-electron chi connectivity index (χ0n) is 15.9. The zero-order valence-corrected chi connectivity index (χ0v) is 16.7. The normalized spacial score (nSPS) is 15.9. The summed E-state index contributed by atoms with van der Waals surface area (Å²) in [7, 11) is 0. The SMILES string of the molecule is Cc1ccc(NC(=O)CN2CCC(c3nc4ccccc4s3)CC2)cc1C.